The molecular formula is C27H25N3OS. The fourth-order valence-electron chi connectivity index (χ4n) is 4.23. The second kappa shape index (κ2) is 9.05. The van der Waals surface area contributed by atoms with Gasteiger partial charge in [0.1, 0.15) is 0 Å². The van der Waals surface area contributed by atoms with Crippen molar-refractivity contribution in [2.75, 3.05) is 11.4 Å². The Labute approximate surface area is 192 Å². The van der Waals surface area contributed by atoms with Gasteiger partial charge in [0, 0.05) is 23.4 Å². The quantitative estimate of drug-likeness (QED) is 0.377. The van der Waals surface area contributed by atoms with E-state index >= 15 is 0 Å². The molecular weight excluding hydrogens is 414 g/mol. The topological polar surface area (TPSA) is 49.0 Å². The van der Waals surface area contributed by atoms with Gasteiger partial charge in [-0.1, -0.05) is 90.6 Å². The maximum absolute atomic E-state index is 13.4. The van der Waals surface area contributed by atoms with E-state index in [1.54, 1.807) is 0 Å². The normalized spacial score (nSPS) is 14.1. The van der Waals surface area contributed by atoms with E-state index in [4.69, 9.17) is 4.98 Å². The number of rotatable bonds is 5. The van der Waals surface area contributed by atoms with Gasteiger partial charge >= 0.3 is 0 Å². The molecule has 5 rings (SSSR count). The molecule has 4 nitrogen and oxygen atoms in total. The number of thioether (sulfide) groups is 1. The van der Waals surface area contributed by atoms with Gasteiger partial charge in [0.25, 0.3) is 0 Å². The molecule has 1 unspecified atom stereocenters. The third-order valence-electron chi connectivity index (χ3n) is 5.80. The molecule has 3 aromatic carbocycles. The van der Waals surface area contributed by atoms with Crippen LogP contribution in [-0.4, -0.2) is 27.7 Å². The zero-order chi connectivity index (χ0) is 21.9. The van der Waals surface area contributed by atoms with Crippen LogP contribution in [0.3, 0.4) is 0 Å². The zero-order valence-corrected chi connectivity index (χ0v) is 18.8. The van der Waals surface area contributed by atoms with E-state index in [9.17, 15) is 4.79 Å². The maximum atomic E-state index is 13.4. The number of anilines is 1. The number of fused-ring (bicyclic) bond motifs is 1. The number of imidazole rings is 1. The van der Waals surface area contributed by atoms with Crippen LogP contribution >= 0.6 is 11.8 Å². The molecule has 1 aliphatic rings. The number of para-hydroxylation sites is 1. The van der Waals surface area contributed by atoms with E-state index in [0.717, 1.165) is 52.7 Å². The average Bonchev–Trinajstić information content (AvgIpc) is 3.28. The standard InChI is InChI=1S/C27H25N3OS/c1-19(26(31)30-18-10-16-20-11-8-9-17-23(20)30)32-27-28-24(21-12-4-2-5-13-21)25(29-27)22-14-6-3-7-15-22/h2-9,11-15,17,19H,10,16,18H2,1H3,(H,28,29). The highest BCUT2D eigenvalue weighted by Gasteiger charge is 2.28. The number of aromatic amines is 1. The van der Waals surface area contributed by atoms with Crippen LogP contribution in [0.2, 0.25) is 0 Å². The molecule has 1 atom stereocenters. The van der Waals surface area contributed by atoms with E-state index in [2.05, 4.69) is 41.4 Å². The van der Waals surface area contributed by atoms with Gasteiger partial charge in [-0.25, -0.2) is 4.98 Å². The van der Waals surface area contributed by atoms with Crippen LogP contribution in [0.4, 0.5) is 5.69 Å². The van der Waals surface area contributed by atoms with Gasteiger partial charge in [-0.2, -0.15) is 0 Å². The van der Waals surface area contributed by atoms with Crippen LogP contribution in [-0.2, 0) is 11.2 Å². The summed E-state index contributed by atoms with van der Waals surface area (Å²) in [6.45, 7) is 2.74. The van der Waals surface area contributed by atoms with Crippen molar-refractivity contribution in [3.8, 4) is 22.5 Å². The summed E-state index contributed by atoms with van der Waals surface area (Å²) in [5.74, 6) is 0.126. The first-order valence-electron chi connectivity index (χ1n) is 11.0. The van der Waals surface area contributed by atoms with Crippen molar-refractivity contribution >= 4 is 23.4 Å². The van der Waals surface area contributed by atoms with Crippen molar-refractivity contribution in [1.29, 1.82) is 0 Å². The Balaban J connectivity index is 1.43. The van der Waals surface area contributed by atoms with Crippen molar-refractivity contribution in [2.24, 2.45) is 0 Å². The monoisotopic (exact) mass is 439 g/mol. The Morgan fingerprint density at radius 3 is 2.34 bits per heavy atom. The molecule has 5 heteroatoms. The summed E-state index contributed by atoms with van der Waals surface area (Å²) in [5.41, 5.74) is 6.31. The van der Waals surface area contributed by atoms with Gasteiger partial charge in [0.05, 0.1) is 16.6 Å². The molecule has 0 aliphatic carbocycles. The zero-order valence-electron chi connectivity index (χ0n) is 18.0. The van der Waals surface area contributed by atoms with Crippen molar-refractivity contribution in [1.82, 2.24) is 9.97 Å². The minimum Gasteiger partial charge on any atom is -0.332 e. The molecule has 0 saturated carbocycles. The van der Waals surface area contributed by atoms with Crippen molar-refractivity contribution in [3.05, 3.63) is 90.5 Å². The molecule has 160 valence electrons. The smallest absolute Gasteiger partial charge is 0.240 e. The first-order chi connectivity index (χ1) is 15.7. The molecule has 4 aromatic rings. The number of aromatic nitrogens is 2. The van der Waals surface area contributed by atoms with Gasteiger partial charge in [0.2, 0.25) is 5.91 Å². The van der Waals surface area contributed by atoms with Crippen LogP contribution < -0.4 is 4.90 Å². The van der Waals surface area contributed by atoms with Crippen LogP contribution in [0.25, 0.3) is 22.5 Å². The molecule has 0 saturated heterocycles. The number of benzene rings is 3. The molecule has 1 amide bonds. The van der Waals surface area contributed by atoms with Crippen molar-refractivity contribution in [3.63, 3.8) is 0 Å². The van der Waals surface area contributed by atoms with Gasteiger partial charge in [-0.15, -0.1) is 0 Å². The highest BCUT2D eigenvalue weighted by Crippen LogP contribution is 2.35. The molecule has 1 N–H and O–H groups in total. The highest BCUT2D eigenvalue weighted by atomic mass is 32.2. The molecule has 0 radical (unpaired) electrons. The number of nitrogens with one attached hydrogen (secondary N) is 1. The van der Waals surface area contributed by atoms with E-state index in [0.29, 0.717) is 0 Å². The SMILES string of the molecule is CC(Sc1nc(-c2ccccc2)c(-c2ccccc2)[nH]1)C(=O)N1CCCc2ccccc21. The summed E-state index contributed by atoms with van der Waals surface area (Å²) in [6.07, 6.45) is 2.03. The fourth-order valence-corrected chi connectivity index (χ4v) is 5.09. The Hall–Kier alpha value is -3.31. The van der Waals surface area contributed by atoms with E-state index in [1.807, 2.05) is 60.4 Å². The molecule has 2 heterocycles. The third-order valence-corrected chi connectivity index (χ3v) is 6.78. The lowest BCUT2D eigenvalue weighted by molar-refractivity contribution is -0.117. The van der Waals surface area contributed by atoms with Crippen LogP contribution in [0.5, 0.6) is 0 Å². The van der Waals surface area contributed by atoms with Gasteiger partial charge in [0.15, 0.2) is 5.16 Å². The van der Waals surface area contributed by atoms with Crippen LogP contribution in [0, 0.1) is 0 Å². The molecule has 32 heavy (non-hydrogen) atoms. The lowest BCUT2D eigenvalue weighted by Crippen LogP contribution is -2.40. The first-order valence-corrected chi connectivity index (χ1v) is 11.9. The van der Waals surface area contributed by atoms with E-state index in [1.165, 1.54) is 17.3 Å². The number of hydrogen-bond acceptors (Lipinski definition) is 3. The van der Waals surface area contributed by atoms with E-state index < -0.39 is 0 Å². The van der Waals surface area contributed by atoms with Crippen molar-refractivity contribution < 1.29 is 4.79 Å². The minimum absolute atomic E-state index is 0.126. The summed E-state index contributed by atoms with van der Waals surface area (Å²) in [6, 6.07) is 28.6. The van der Waals surface area contributed by atoms with Gasteiger partial charge in [-0.05, 0) is 31.4 Å². The molecule has 0 fully saturated rings. The van der Waals surface area contributed by atoms with E-state index in [-0.39, 0.29) is 11.2 Å². The Morgan fingerprint density at radius 2 is 1.59 bits per heavy atom. The lowest BCUT2D eigenvalue weighted by Gasteiger charge is -2.31. The number of hydrogen-bond donors (Lipinski definition) is 1. The van der Waals surface area contributed by atoms with Crippen molar-refractivity contribution in [2.45, 2.75) is 30.2 Å². The fraction of sp³-hybridized carbons (Fsp3) is 0.185. The number of amides is 1. The number of carbonyl (C=O) groups excluding carboxylic acids is 1. The molecule has 0 spiro atoms. The Morgan fingerprint density at radius 1 is 0.938 bits per heavy atom. The predicted molar refractivity (Wildman–Crippen MR) is 132 cm³/mol. The summed E-state index contributed by atoms with van der Waals surface area (Å²) in [7, 11) is 0. The summed E-state index contributed by atoms with van der Waals surface area (Å²) < 4.78 is 0. The number of aryl methyl sites for hydroxylation is 1. The third kappa shape index (κ3) is 4.08. The second-order valence-electron chi connectivity index (χ2n) is 7.98. The second-order valence-corrected chi connectivity index (χ2v) is 9.31. The summed E-state index contributed by atoms with van der Waals surface area (Å²) in [4.78, 5) is 23.7. The van der Waals surface area contributed by atoms with Gasteiger partial charge in [-0.3, -0.25) is 4.79 Å². The predicted octanol–water partition coefficient (Wildman–Crippen LogP) is 6.20. The largest absolute Gasteiger partial charge is 0.332 e. The molecule has 0 bridgehead atoms. The Kier molecular flexibility index (Phi) is 5.82. The molecule has 1 aromatic heterocycles. The Bertz CT molecular complexity index is 1160. The highest BCUT2D eigenvalue weighted by molar-refractivity contribution is 8.00. The summed E-state index contributed by atoms with van der Waals surface area (Å²) >= 11 is 1.49. The van der Waals surface area contributed by atoms with Crippen LogP contribution in [0.1, 0.15) is 18.9 Å². The molecule has 1 aliphatic heterocycles. The number of H-pyrrole nitrogens is 1. The maximum Gasteiger partial charge on any atom is 0.240 e. The number of carbonyl (C=O) groups is 1. The van der Waals surface area contributed by atoms with Gasteiger partial charge < -0.3 is 9.88 Å². The van der Waals surface area contributed by atoms with Crippen LogP contribution in [0.15, 0.2) is 90.1 Å². The summed E-state index contributed by atoms with van der Waals surface area (Å²) in [5, 5.41) is 0.508. The number of nitrogens with zero attached hydrogens (tertiary/aromatic N) is 2. The lowest BCUT2D eigenvalue weighted by atomic mass is 10.0. The first kappa shape index (κ1) is 20.6. The minimum atomic E-state index is -0.250. The average molecular weight is 440 g/mol.